The molecule has 1 aromatic heterocycles. The molecular weight excluding hydrogens is 378 g/mol. The minimum atomic E-state index is -0.505. The van der Waals surface area contributed by atoms with Crippen molar-refractivity contribution in [3.63, 3.8) is 0 Å². The van der Waals surface area contributed by atoms with Crippen LogP contribution in [0, 0.1) is 6.92 Å². The molecule has 3 N–H and O–H groups in total. The lowest BCUT2D eigenvalue weighted by molar-refractivity contribution is 0.0597. The Hall–Kier alpha value is -3.26. The van der Waals surface area contributed by atoms with Crippen LogP contribution in [0.2, 0.25) is 0 Å². The fourth-order valence-corrected chi connectivity index (χ4v) is 3.57. The van der Waals surface area contributed by atoms with Crippen molar-refractivity contribution in [3.05, 3.63) is 53.6 Å². The summed E-state index contributed by atoms with van der Waals surface area (Å²) in [6.07, 6.45) is 0. The summed E-state index contributed by atoms with van der Waals surface area (Å²) in [5.41, 5.74) is 8.35. The second-order valence-electron chi connectivity index (χ2n) is 5.91. The molecule has 0 bridgehead atoms. The number of phenolic OH excluding ortho intramolecular Hbond substituents is 1. The number of aromatic nitrogens is 2. The maximum absolute atomic E-state index is 12.1. The Bertz CT molecular complexity index is 1040. The van der Waals surface area contributed by atoms with Crippen molar-refractivity contribution in [2.24, 2.45) is 0 Å². The number of hydrogen-bond donors (Lipinski definition) is 2. The summed E-state index contributed by atoms with van der Waals surface area (Å²) in [5, 5.41) is 10.3. The van der Waals surface area contributed by atoms with E-state index < -0.39 is 5.97 Å². The molecule has 0 saturated heterocycles. The van der Waals surface area contributed by atoms with Gasteiger partial charge in [-0.05, 0) is 48.9 Å². The highest BCUT2D eigenvalue weighted by molar-refractivity contribution is 7.99. The molecule has 8 heteroatoms. The predicted octanol–water partition coefficient (Wildman–Crippen LogP) is 3.69. The average molecular weight is 397 g/mol. The van der Waals surface area contributed by atoms with Crippen LogP contribution < -0.4 is 10.5 Å². The van der Waals surface area contributed by atoms with Gasteiger partial charge in [-0.3, -0.25) is 0 Å². The van der Waals surface area contributed by atoms with Gasteiger partial charge < -0.3 is 20.3 Å². The van der Waals surface area contributed by atoms with Crippen LogP contribution in [-0.4, -0.2) is 35.3 Å². The molecule has 0 aliphatic carbocycles. The van der Waals surface area contributed by atoms with E-state index in [-0.39, 0.29) is 11.7 Å². The first kappa shape index (κ1) is 19.5. The second kappa shape index (κ2) is 8.18. The quantitative estimate of drug-likeness (QED) is 0.496. The molecule has 0 aliphatic rings. The van der Waals surface area contributed by atoms with Gasteiger partial charge in [-0.2, -0.15) is 0 Å². The molecule has 0 unspecified atom stereocenters. The molecule has 144 valence electrons. The Morgan fingerprint density at radius 3 is 2.61 bits per heavy atom. The molecule has 0 amide bonds. The lowest BCUT2D eigenvalue weighted by Crippen LogP contribution is -2.06. The van der Waals surface area contributed by atoms with E-state index in [1.807, 2.05) is 13.0 Å². The number of anilines is 1. The molecular formula is C20H19N3O4S. The van der Waals surface area contributed by atoms with Crippen molar-refractivity contribution >= 4 is 23.7 Å². The predicted molar refractivity (Wildman–Crippen MR) is 107 cm³/mol. The summed E-state index contributed by atoms with van der Waals surface area (Å²) in [4.78, 5) is 21.5. The first-order valence-corrected chi connectivity index (χ1v) is 9.11. The number of carbonyl (C=O) groups is 1. The van der Waals surface area contributed by atoms with E-state index >= 15 is 0 Å². The SMILES string of the molecule is COC(=O)c1cc(-c2cc(Sc3cccc(O)c3)nc(N)n2)c(C)cc1OC. The summed E-state index contributed by atoms with van der Waals surface area (Å²) in [6.45, 7) is 1.89. The fraction of sp³-hybridized carbons (Fsp3) is 0.150. The Kier molecular flexibility index (Phi) is 5.70. The third-order valence-corrected chi connectivity index (χ3v) is 4.90. The lowest BCUT2D eigenvalue weighted by Gasteiger charge is -2.13. The Morgan fingerprint density at radius 1 is 1.14 bits per heavy atom. The lowest BCUT2D eigenvalue weighted by atomic mass is 10.0. The van der Waals surface area contributed by atoms with Crippen molar-refractivity contribution in [2.75, 3.05) is 20.0 Å². The monoisotopic (exact) mass is 397 g/mol. The summed E-state index contributed by atoms with van der Waals surface area (Å²) in [6, 6.07) is 12.0. The molecule has 0 radical (unpaired) electrons. The third-order valence-electron chi connectivity index (χ3n) is 3.99. The van der Waals surface area contributed by atoms with Crippen LogP contribution in [0.5, 0.6) is 11.5 Å². The number of rotatable bonds is 5. The van der Waals surface area contributed by atoms with Crippen LogP contribution in [0.4, 0.5) is 5.95 Å². The number of esters is 1. The van der Waals surface area contributed by atoms with Gasteiger partial charge in [0.25, 0.3) is 0 Å². The van der Waals surface area contributed by atoms with Crippen molar-refractivity contribution in [1.82, 2.24) is 9.97 Å². The smallest absolute Gasteiger partial charge is 0.341 e. The number of nitrogens with zero attached hydrogens (tertiary/aromatic N) is 2. The molecule has 0 atom stereocenters. The largest absolute Gasteiger partial charge is 0.508 e. The Labute approximate surface area is 166 Å². The number of hydrogen-bond acceptors (Lipinski definition) is 8. The summed E-state index contributed by atoms with van der Waals surface area (Å²) in [7, 11) is 2.81. The number of nitrogen functional groups attached to an aromatic ring is 1. The first-order valence-electron chi connectivity index (χ1n) is 8.30. The van der Waals surface area contributed by atoms with Crippen LogP contribution in [0.1, 0.15) is 15.9 Å². The molecule has 0 spiro atoms. The van der Waals surface area contributed by atoms with Crippen LogP contribution in [0.15, 0.2) is 52.4 Å². The van der Waals surface area contributed by atoms with E-state index in [2.05, 4.69) is 9.97 Å². The topological polar surface area (TPSA) is 108 Å². The van der Waals surface area contributed by atoms with E-state index in [0.717, 1.165) is 10.5 Å². The molecule has 0 saturated carbocycles. The van der Waals surface area contributed by atoms with Gasteiger partial charge in [0, 0.05) is 10.5 Å². The molecule has 7 nitrogen and oxygen atoms in total. The highest BCUT2D eigenvalue weighted by atomic mass is 32.2. The zero-order chi connectivity index (χ0) is 20.3. The number of aromatic hydroxyl groups is 1. The van der Waals surface area contributed by atoms with Crippen LogP contribution in [-0.2, 0) is 4.74 Å². The van der Waals surface area contributed by atoms with Crippen LogP contribution in [0.25, 0.3) is 11.3 Å². The number of phenols is 1. The summed E-state index contributed by atoms with van der Waals surface area (Å²) in [5.74, 6) is 0.190. The van der Waals surface area contributed by atoms with Crippen LogP contribution in [0.3, 0.4) is 0 Å². The number of aryl methyl sites for hydroxylation is 1. The number of benzene rings is 2. The molecule has 3 aromatic rings. The molecule has 28 heavy (non-hydrogen) atoms. The van der Waals surface area contributed by atoms with E-state index in [0.29, 0.717) is 27.6 Å². The number of carbonyl (C=O) groups excluding carboxylic acids is 1. The summed E-state index contributed by atoms with van der Waals surface area (Å²) < 4.78 is 10.1. The standard InChI is InChI=1S/C20H19N3O4S/c1-11-7-17(26-2)15(19(25)27-3)9-14(11)16-10-18(23-20(21)22-16)28-13-6-4-5-12(24)8-13/h4-10,24H,1-3H3,(H2,21,22,23). The van der Waals surface area contributed by atoms with Gasteiger partial charge >= 0.3 is 5.97 Å². The number of methoxy groups -OCH3 is 2. The molecule has 0 fully saturated rings. The van der Waals surface area contributed by atoms with E-state index in [1.165, 1.54) is 26.0 Å². The Balaban J connectivity index is 2.06. The molecule has 1 heterocycles. The van der Waals surface area contributed by atoms with Crippen molar-refractivity contribution in [3.8, 4) is 22.8 Å². The molecule has 0 aliphatic heterocycles. The summed E-state index contributed by atoms with van der Waals surface area (Å²) >= 11 is 1.35. The first-order chi connectivity index (χ1) is 13.4. The fourth-order valence-electron chi connectivity index (χ4n) is 2.70. The van der Waals surface area contributed by atoms with E-state index in [9.17, 15) is 9.90 Å². The van der Waals surface area contributed by atoms with Gasteiger partial charge in [-0.1, -0.05) is 17.8 Å². The van der Waals surface area contributed by atoms with Gasteiger partial charge in [0.1, 0.15) is 22.1 Å². The van der Waals surface area contributed by atoms with Gasteiger partial charge in [0.2, 0.25) is 5.95 Å². The normalized spacial score (nSPS) is 10.5. The zero-order valence-corrected chi connectivity index (χ0v) is 16.4. The van der Waals surface area contributed by atoms with Gasteiger partial charge in [-0.25, -0.2) is 14.8 Å². The van der Waals surface area contributed by atoms with Gasteiger partial charge in [0.15, 0.2) is 0 Å². The van der Waals surface area contributed by atoms with Gasteiger partial charge in [-0.15, -0.1) is 0 Å². The third kappa shape index (κ3) is 4.17. The highest BCUT2D eigenvalue weighted by Crippen LogP contribution is 2.34. The van der Waals surface area contributed by atoms with Crippen molar-refractivity contribution in [1.29, 1.82) is 0 Å². The number of ether oxygens (including phenoxy) is 2. The zero-order valence-electron chi connectivity index (χ0n) is 15.6. The second-order valence-corrected chi connectivity index (χ2v) is 7.00. The van der Waals surface area contributed by atoms with Gasteiger partial charge in [0.05, 0.1) is 19.9 Å². The van der Waals surface area contributed by atoms with E-state index in [4.69, 9.17) is 15.2 Å². The van der Waals surface area contributed by atoms with E-state index in [1.54, 1.807) is 36.4 Å². The maximum Gasteiger partial charge on any atom is 0.341 e. The maximum atomic E-state index is 12.1. The Morgan fingerprint density at radius 2 is 1.93 bits per heavy atom. The minimum Gasteiger partial charge on any atom is -0.508 e. The minimum absolute atomic E-state index is 0.106. The average Bonchev–Trinajstić information content (AvgIpc) is 2.66. The molecule has 3 rings (SSSR count). The molecule has 2 aromatic carbocycles. The van der Waals surface area contributed by atoms with Crippen molar-refractivity contribution < 1.29 is 19.4 Å². The van der Waals surface area contributed by atoms with Crippen molar-refractivity contribution in [2.45, 2.75) is 16.8 Å². The highest BCUT2D eigenvalue weighted by Gasteiger charge is 2.18. The van der Waals surface area contributed by atoms with Crippen LogP contribution >= 0.6 is 11.8 Å². The number of nitrogens with two attached hydrogens (primary N) is 1.